The lowest BCUT2D eigenvalue weighted by Crippen LogP contribution is -2.34. The molecule has 0 aromatic heterocycles. The van der Waals surface area contributed by atoms with Crippen LogP contribution in [0.3, 0.4) is 0 Å². The molecule has 2 rings (SSSR count). The summed E-state index contributed by atoms with van der Waals surface area (Å²) in [7, 11) is 0. The summed E-state index contributed by atoms with van der Waals surface area (Å²) in [4.78, 5) is 11.7. The van der Waals surface area contributed by atoms with Gasteiger partial charge in [-0.1, -0.05) is 49.4 Å². The third-order valence-electron chi connectivity index (χ3n) is 3.38. The second kappa shape index (κ2) is 8.96. The van der Waals surface area contributed by atoms with Crippen molar-refractivity contribution in [1.29, 1.82) is 0 Å². The monoisotopic (exact) mass is 313 g/mol. The molecule has 0 bridgehead atoms. The summed E-state index contributed by atoms with van der Waals surface area (Å²) in [6.45, 7) is 2.90. The van der Waals surface area contributed by atoms with Gasteiger partial charge in [-0.05, 0) is 36.1 Å². The first kappa shape index (κ1) is 17.0. The summed E-state index contributed by atoms with van der Waals surface area (Å²) >= 11 is 0. The van der Waals surface area contributed by atoms with Crippen molar-refractivity contribution in [2.75, 3.05) is 6.61 Å². The first-order valence-corrected chi connectivity index (χ1v) is 7.87. The van der Waals surface area contributed by atoms with Crippen LogP contribution < -0.4 is 10.5 Å². The highest BCUT2D eigenvalue weighted by molar-refractivity contribution is 5.75. The van der Waals surface area contributed by atoms with E-state index in [1.165, 1.54) is 0 Å². The molecule has 0 heterocycles. The quantitative estimate of drug-likeness (QED) is 0.761. The van der Waals surface area contributed by atoms with Crippen LogP contribution >= 0.6 is 0 Å². The van der Waals surface area contributed by atoms with Gasteiger partial charge in [-0.15, -0.1) is 0 Å². The highest BCUT2D eigenvalue weighted by Crippen LogP contribution is 2.15. The Morgan fingerprint density at radius 1 is 1.04 bits per heavy atom. The fourth-order valence-electron chi connectivity index (χ4n) is 2.11. The minimum Gasteiger partial charge on any atom is -0.489 e. The number of hydrogen-bond donors (Lipinski definition) is 1. The van der Waals surface area contributed by atoms with Gasteiger partial charge in [0.1, 0.15) is 18.4 Å². The van der Waals surface area contributed by atoms with Crippen LogP contribution in [0.2, 0.25) is 0 Å². The topological polar surface area (TPSA) is 61.5 Å². The van der Waals surface area contributed by atoms with Gasteiger partial charge in [0.05, 0.1) is 6.61 Å². The summed E-state index contributed by atoms with van der Waals surface area (Å²) in [6, 6.07) is 17.0. The van der Waals surface area contributed by atoms with Gasteiger partial charge in [-0.2, -0.15) is 0 Å². The maximum Gasteiger partial charge on any atom is 0.323 e. The molecule has 0 spiro atoms. The van der Waals surface area contributed by atoms with Gasteiger partial charge in [0.15, 0.2) is 0 Å². The average molecular weight is 313 g/mol. The molecule has 1 atom stereocenters. The van der Waals surface area contributed by atoms with Crippen LogP contribution in [0, 0.1) is 0 Å². The summed E-state index contributed by atoms with van der Waals surface area (Å²) in [6.07, 6.45) is 1.26. The number of benzene rings is 2. The number of ether oxygens (including phenoxy) is 2. The molecule has 0 amide bonds. The number of hydrogen-bond acceptors (Lipinski definition) is 4. The summed E-state index contributed by atoms with van der Waals surface area (Å²) in [5.74, 6) is 0.441. The lowest BCUT2D eigenvalue weighted by atomic mass is 10.1. The van der Waals surface area contributed by atoms with Gasteiger partial charge >= 0.3 is 5.97 Å². The van der Waals surface area contributed by atoms with E-state index in [1.54, 1.807) is 0 Å². The molecule has 122 valence electrons. The molecule has 0 fully saturated rings. The number of nitrogens with two attached hydrogens (primary N) is 1. The van der Waals surface area contributed by atoms with E-state index in [2.05, 4.69) is 0 Å². The summed E-state index contributed by atoms with van der Waals surface area (Å²) < 4.78 is 10.8. The SMILES string of the molecule is CCCOC(=O)C(N)Cc1ccc(OCc2ccccc2)cc1. The Morgan fingerprint density at radius 2 is 1.74 bits per heavy atom. The molecular formula is C19H23NO3. The minimum atomic E-state index is -0.627. The van der Waals surface area contributed by atoms with Crippen LogP contribution in [0.5, 0.6) is 5.75 Å². The van der Waals surface area contributed by atoms with Gasteiger partial charge in [0, 0.05) is 0 Å². The van der Waals surface area contributed by atoms with Gasteiger partial charge in [-0.3, -0.25) is 4.79 Å². The fraction of sp³-hybridized carbons (Fsp3) is 0.316. The first-order valence-electron chi connectivity index (χ1n) is 7.87. The predicted molar refractivity (Wildman–Crippen MR) is 90.1 cm³/mol. The van der Waals surface area contributed by atoms with Crippen molar-refractivity contribution < 1.29 is 14.3 Å². The first-order chi connectivity index (χ1) is 11.2. The Kier molecular flexibility index (Phi) is 6.63. The Labute approximate surface area is 137 Å². The van der Waals surface area contributed by atoms with Crippen molar-refractivity contribution in [3.63, 3.8) is 0 Å². The van der Waals surface area contributed by atoms with Crippen LogP contribution in [0.15, 0.2) is 54.6 Å². The van der Waals surface area contributed by atoms with Crippen molar-refractivity contribution in [3.8, 4) is 5.75 Å². The number of carbonyl (C=O) groups is 1. The molecular weight excluding hydrogens is 290 g/mol. The Morgan fingerprint density at radius 3 is 2.39 bits per heavy atom. The van der Waals surface area contributed by atoms with Gasteiger partial charge in [-0.25, -0.2) is 0 Å². The molecule has 4 nitrogen and oxygen atoms in total. The molecule has 2 aromatic rings. The molecule has 1 unspecified atom stereocenters. The molecule has 0 aliphatic rings. The summed E-state index contributed by atoms with van der Waals surface area (Å²) in [5, 5.41) is 0. The van der Waals surface area contributed by atoms with Crippen molar-refractivity contribution in [2.45, 2.75) is 32.4 Å². The number of rotatable bonds is 8. The largest absolute Gasteiger partial charge is 0.489 e. The maximum atomic E-state index is 11.7. The molecule has 0 saturated heterocycles. The molecule has 0 saturated carbocycles. The minimum absolute atomic E-state index is 0.351. The van der Waals surface area contributed by atoms with E-state index in [9.17, 15) is 4.79 Å². The average Bonchev–Trinajstić information content (AvgIpc) is 2.60. The summed E-state index contributed by atoms with van der Waals surface area (Å²) in [5.41, 5.74) is 7.96. The van der Waals surface area contributed by atoms with Gasteiger partial charge in [0.2, 0.25) is 0 Å². The second-order valence-corrected chi connectivity index (χ2v) is 5.40. The van der Waals surface area contributed by atoms with Crippen LogP contribution in [0.25, 0.3) is 0 Å². The van der Waals surface area contributed by atoms with Crippen molar-refractivity contribution >= 4 is 5.97 Å². The highest BCUT2D eigenvalue weighted by Gasteiger charge is 2.15. The van der Waals surface area contributed by atoms with E-state index in [0.717, 1.165) is 23.3 Å². The molecule has 2 aromatic carbocycles. The van der Waals surface area contributed by atoms with Gasteiger partial charge < -0.3 is 15.2 Å². The van der Waals surface area contributed by atoms with Gasteiger partial charge in [0.25, 0.3) is 0 Å². The van der Waals surface area contributed by atoms with E-state index >= 15 is 0 Å². The van der Waals surface area contributed by atoms with E-state index in [0.29, 0.717) is 19.6 Å². The normalized spacial score (nSPS) is 11.7. The van der Waals surface area contributed by atoms with E-state index in [4.69, 9.17) is 15.2 Å². The molecule has 0 aliphatic carbocycles. The molecule has 2 N–H and O–H groups in total. The predicted octanol–water partition coefficient (Wildman–Crippen LogP) is 3.09. The molecule has 0 aliphatic heterocycles. The standard InChI is InChI=1S/C19H23NO3/c1-2-12-22-19(21)18(20)13-15-8-10-17(11-9-15)23-14-16-6-4-3-5-7-16/h3-11,18H,2,12-14,20H2,1H3. The zero-order chi connectivity index (χ0) is 16.5. The Balaban J connectivity index is 1.83. The van der Waals surface area contributed by atoms with Crippen molar-refractivity contribution in [3.05, 3.63) is 65.7 Å². The molecule has 23 heavy (non-hydrogen) atoms. The number of esters is 1. The fourth-order valence-corrected chi connectivity index (χ4v) is 2.11. The van der Waals surface area contributed by atoms with Crippen LogP contribution in [-0.2, 0) is 22.6 Å². The Bertz CT molecular complexity index is 596. The number of carbonyl (C=O) groups excluding carboxylic acids is 1. The van der Waals surface area contributed by atoms with E-state index in [-0.39, 0.29) is 5.97 Å². The Hall–Kier alpha value is -2.33. The molecule has 0 radical (unpaired) electrons. The third kappa shape index (κ3) is 5.75. The third-order valence-corrected chi connectivity index (χ3v) is 3.38. The van der Waals surface area contributed by atoms with Crippen LogP contribution in [0.1, 0.15) is 24.5 Å². The van der Waals surface area contributed by atoms with Crippen molar-refractivity contribution in [2.24, 2.45) is 5.73 Å². The lowest BCUT2D eigenvalue weighted by molar-refractivity contribution is -0.145. The smallest absolute Gasteiger partial charge is 0.323 e. The zero-order valence-electron chi connectivity index (χ0n) is 13.4. The second-order valence-electron chi connectivity index (χ2n) is 5.40. The van der Waals surface area contributed by atoms with E-state index < -0.39 is 6.04 Å². The molecule has 4 heteroatoms. The zero-order valence-corrected chi connectivity index (χ0v) is 13.4. The van der Waals surface area contributed by atoms with Crippen LogP contribution in [0.4, 0.5) is 0 Å². The lowest BCUT2D eigenvalue weighted by Gasteiger charge is -2.12. The van der Waals surface area contributed by atoms with Crippen molar-refractivity contribution in [1.82, 2.24) is 0 Å². The highest BCUT2D eigenvalue weighted by atomic mass is 16.5. The maximum absolute atomic E-state index is 11.7. The van der Waals surface area contributed by atoms with E-state index in [1.807, 2.05) is 61.5 Å². The van der Waals surface area contributed by atoms with Crippen LogP contribution in [-0.4, -0.2) is 18.6 Å².